The maximum atomic E-state index is 12.9. The Morgan fingerprint density at radius 1 is 1.71 bits per heavy atom. The zero-order valence-corrected chi connectivity index (χ0v) is 11.2. The molecule has 94 valence electrons. The summed E-state index contributed by atoms with van der Waals surface area (Å²) in [6.45, 7) is 3.94. The number of carbonyl (C=O) groups is 1. The number of carbonyl (C=O) groups excluding carboxylic acids is 1. The Morgan fingerprint density at radius 3 is 3.06 bits per heavy atom. The fourth-order valence-electron chi connectivity index (χ4n) is 1.22. The van der Waals surface area contributed by atoms with E-state index in [9.17, 15) is 9.18 Å². The first-order valence-corrected chi connectivity index (χ1v) is 6.77. The van der Waals surface area contributed by atoms with Gasteiger partial charge >= 0.3 is 0 Å². The van der Waals surface area contributed by atoms with Gasteiger partial charge in [0.2, 0.25) is 0 Å². The van der Waals surface area contributed by atoms with Gasteiger partial charge in [-0.1, -0.05) is 18.5 Å². The number of nitrogens with one attached hydrogen (secondary N) is 1. The van der Waals surface area contributed by atoms with Gasteiger partial charge in [0.1, 0.15) is 11.0 Å². The summed E-state index contributed by atoms with van der Waals surface area (Å²) in [5.41, 5.74) is 0.0695. The van der Waals surface area contributed by atoms with Crippen molar-refractivity contribution in [3.8, 4) is 0 Å². The molecule has 1 atom stereocenters. The Balaban J connectivity index is 2.66. The average Bonchev–Trinajstić information content (AvgIpc) is 2.29. The third-order valence-corrected chi connectivity index (χ3v) is 3.44. The lowest BCUT2D eigenvalue weighted by Gasteiger charge is -2.13. The van der Waals surface area contributed by atoms with Crippen molar-refractivity contribution in [2.75, 3.05) is 11.5 Å². The van der Waals surface area contributed by atoms with E-state index in [-0.39, 0.29) is 16.8 Å². The number of thioether (sulfide) groups is 1. The number of halogens is 2. The molecule has 1 N–H and O–H groups in total. The van der Waals surface area contributed by atoms with Crippen LogP contribution in [0.2, 0.25) is 5.15 Å². The van der Waals surface area contributed by atoms with Crippen molar-refractivity contribution in [3.63, 3.8) is 0 Å². The second-order valence-corrected chi connectivity index (χ2v) is 5.20. The Hall–Kier alpha value is -0.810. The quantitative estimate of drug-likeness (QED) is 0.841. The van der Waals surface area contributed by atoms with Gasteiger partial charge in [-0.3, -0.25) is 4.79 Å². The van der Waals surface area contributed by atoms with Gasteiger partial charge in [0.05, 0.1) is 11.8 Å². The maximum absolute atomic E-state index is 12.9. The van der Waals surface area contributed by atoms with Crippen LogP contribution in [0.15, 0.2) is 12.3 Å². The highest BCUT2D eigenvalue weighted by Gasteiger charge is 2.14. The molecule has 0 spiro atoms. The van der Waals surface area contributed by atoms with Crippen LogP contribution in [0.3, 0.4) is 0 Å². The number of nitrogens with zero attached hydrogens (tertiary/aromatic N) is 1. The van der Waals surface area contributed by atoms with Crippen molar-refractivity contribution >= 4 is 29.3 Å². The van der Waals surface area contributed by atoms with Crippen molar-refractivity contribution in [3.05, 3.63) is 28.8 Å². The molecular weight excluding hydrogens is 263 g/mol. The van der Waals surface area contributed by atoms with Crippen molar-refractivity contribution in [1.29, 1.82) is 0 Å². The van der Waals surface area contributed by atoms with Gasteiger partial charge in [-0.2, -0.15) is 11.8 Å². The zero-order chi connectivity index (χ0) is 12.8. The van der Waals surface area contributed by atoms with Crippen LogP contribution in [0.1, 0.15) is 24.2 Å². The molecule has 17 heavy (non-hydrogen) atoms. The van der Waals surface area contributed by atoms with Crippen molar-refractivity contribution in [2.45, 2.75) is 19.9 Å². The number of aromatic nitrogens is 1. The fraction of sp³-hybridized carbons (Fsp3) is 0.455. The molecule has 0 aliphatic carbocycles. The molecule has 0 aliphatic heterocycles. The van der Waals surface area contributed by atoms with Crippen LogP contribution in [0.4, 0.5) is 4.39 Å². The molecule has 0 saturated heterocycles. The van der Waals surface area contributed by atoms with E-state index in [1.165, 1.54) is 0 Å². The van der Waals surface area contributed by atoms with Crippen LogP contribution in [0.5, 0.6) is 0 Å². The van der Waals surface area contributed by atoms with Gasteiger partial charge in [0.15, 0.2) is 0 Å². The summed E-state index contributed by atoms with van der Waals surface area (Å²) in [6, 6.07) is 1.09. The highest BCUT2D eigenvalue weighted by atomic mass is 35.5. The van der Waals surface area contributed by atoms with Gasteiger partial charge in [-0.25, -0.2) is 9.37 Å². The van der Waals surface area contributed by atoms with E-state index in [1.807, 2.05) is 13.8 Å². The van der Waals surface area contributed by atoms with Crippen LogP contribution in [0.25, 0.3) is 0 Å². The molecule has 1 aromatic rings. The van der Waals surface area contributed by atoms with Crippen molar-refractivity contribution in [2.24, 2.45) is 0 Å². The van der Waals surface area contributed by atoms with E-state index in [1.54, 1.807) is 11.8 Å². The van der Waals surface area contributed by atoms with Gasteiger partial charge in [-0.05, 0) is 18.7 Å². The molecule has 1 aromatic heterocycles. The molecule has 3 nitrogen and oxygen atoms in total. The van der Waals surface area contributed by atoms with Gasteiger partial charge in [0, 0.05) is 11.8 Å². The summed E-state index contributed by atoms with van der Waals surface area (Å²) < 4.78 is 12.9. The summed E-state index contributed by atoms with van der Waals surface area (Å²) in [5.74, 6) is 0.826. The number of hydrogen-bond acceptors (Lipinski definition) is 3. The highest BCUT2D eigenvalue weighted by molar-refractivity contribution is 7.99. The first-order valence-electron chi connectivity index (χ1n) is 5.24. The first kappa shape index (κ1) is 14.3. The molecular formula is C11H14ClFN2OS. The van der Waals surface area contributed by atoms with Crippen molar-refractivity contribution in [1.82, 2.24) is 10.3 Å². The minimum Gasteiger partial charge on any atom is -0.349 e. The SMILES string of the molecule is CCSCC(C)NC(=O)c1cc(F)cnc1Cl. The lowest BCUT2D eigenvalue weighted by molar-refractivity contribution is 0.0943. The molecule has 0 saturated carbocycles. The highest BCUT2D eigenvalue weighted by Crippen LogP contribution is 2.14. The molecule has 0 aliphatic rings. The Labute approximate surface area is 109 Å². The molecule has 1 rings (SSSR count). The van der Waals surface area contributed by atoms with Gasteiger partial charge in [0.25, 0.3) is 5.91 Å². The smallest absolute Gasteiger partial charge is 0.254 e. The van der Waals surface area contributed by atoms with Crippen LogP contribution < -0.4 is 5.32 Å². The predicted molar refractivity (Wildman–Crippen MR) is 69.1 cm³/mol. The second kappa shape index (κ2) is 6.81. The van der Waals surface area contributed by atoms with E-state index in [2.05, 4.69) is 10.3 Å². The molecule has 0 fully saturated rings. The number of rotatable bonds is 5. The molecule has 1 unspecified atom stereocenters. The number of pyridine rings is 1. The Morgan fingerprint density at radius 2 is 2.41 bits per heavy atom. The second-order valence-electron chi connectivity index (χ2n) is 3.53. The molecule has 1 amide bonds. The minimum atomic E-state index is -0.574. The lowest BCUT2D eigenvalue weighted by atomic mass is 10.2. The summed E-state index contributed by atoms with van der Waals surface area (Å²) in [7, 11) is 0. The monoisotopic (exact) mass is 276 g/mol. The first-order chi connectivity index (χ1) is 8.04. The predicted octanol–water partition coefficient (Wildman–Crippen LogP) is 2.75. The molecule has 1 heterocycles. The van der Waals surface area contributed by atoms with Crippen LogP contribution in [-0.2, 0) is 0 Å². The molecule has 0 aromatic carbocycles. The summed E-state index contributed by atoms with van der Waals surface area (Å²) in [5, 5.41) is 2.76. The maximum Gasteiger partial charge on any atom is 0.254 e. The lowest BCUT2D eigenvalue weighted by Crippen LogP contribution is -2.34. The van der Waals surface area contributed by atoms with E-state index >= 15 is 0 Å². The third kappa shape index (κ3) is 4.52. The van der Waals surface area contributed by atoms with E-state index in [0.717, 1.165) is 23.8 Å². The largest absolute Gasteiger partial charge is 0.349 e. The number of hydrogen-bond donors (Lipinski definition) is 1. The summed E-state index contributed by atoms with van der Waals surface area (Å²) >= 11 is 7.46. The number of amides is 1. The minimum absolute atomic E-state index is 0.00628. The molecule has 0 bridgehead atoms. The Kier molecular flexibility index (Phi) is 5.71. The molecule has 6 heteroatoms. The van der Waals surface area contributed by atoms with E-state index in [4.69, 9.17) is 11.6 Å². The summed E-state index contributed by atoms with van der Waals surface area (Å²) in [6.07, 6.45) is 0.982. The Bertz CT molecular complexity index is 403. The average molecular weight is 277 g/mol. The normalized spacial score (nSPS) is 12.2. The fourth-order valence-corrected chi connectivity index (χ4v) is 2.08. The van der Waals surface area contributed by atoms with E-state index < -0.39 is 11.7 Å². The van der Waals surface area contributed by atoms with Crippen LogP contribution in [-0.4, -0.2) is 28.4 Å². The topological polar surface area (TPSA) is 42.0 Å². The summed E-state index contributed by atoms with van der Waals surface area (Å²) in [4.78, 5) is 15.4. The van der Waals surface area contributed by atoms with E-state index in [0.29, 0.717) is 0 Å². The van der Waals surface area contributed by atoms with Crippen molar-refractivity contribution < 1.29 is 9.18 Å². The standard InChI is InChI=1S/C11H14ClFN2OS/c1-3-17-6-7(2)15-11(16)9-4-8(13)5-14-10(9)12/h4-5,7H,3,6H2,1-2H3,(H,15,16). The third-order valence-electron chi connectivity index (χ3n) is 2.00. The van der Waals surface area contributed by atoms with Crippen LogP contribution in [0, 0.1) is 5.82 Å². The zero-order valence-electron chi connectivity index (χ0n) is 9.67. The molecule has 0 radical (unpaired) electrons. The van der Waals surface area contributed by atoms with Gasteiger partial charge < -0.3 is 5.32 Å². The van der Waals surface area contributed by atoms with Crippen LogP contribution >= 0.6 is 23.4 Å². The van der Waals surface area contributed by atoms with Gasteiger partial charge in [-0.15, -0.1) is 0 Å².